The zero-order valence-corrected chi connectivity index (χ0v) is 41.4. The van der Waals surface area contributed by atoms with Crippen molar-refractivity contribution < 1.29 is 28.6 Å². The van der Waals surface area contributed by atoms with Gasteiger partial charge in [-0.1, -0.05) is 237 Å². The quantitative estimate of drug-likeness (QED) is 0.0199. The zero-order valence-electron chi connectivity index (χ0n) is 41.4. The molecular formula is C56H102O6. The maximum atomic E-state index is 12.8. The molecule has 0 rings (SSSR count). The molecule has 0 fully saturated rings. The van der Waals surface area contributed by atoms with E-state index >= 15 is 0 Å². The first-order chi connectivity index (χ1) is 30.5. The van der Waals surface area contributed by atoms with Crippen LogP contribution in [0.15, 0.2) is 36.5 Å². The van der Waals surface area contributed by atoms with E-state index in [1.54, 1.807) is 0 Å². The van der Waals surface area contributed by atoms with Gasteiger partial charge in [0.05, 0.1) is 0 Å². The highest BCUT2D eigenvalue weighted by Gasteiger charge is 2.19. The summed E-state index contributed by atoms with van der Waals surface area (Å²) in [4.78, 5) is 38.0. The highest BCUT2D eigenvalue weighted by Crippen LogP contribution is 2.16. The largest absolute Gasteiger partial charge is 0.462 e. The van der Waals surface area contributed by atoms with Crippen molar-refractivity contribution in [3.8, 4) is 0 Å². The summed E-state index contributed by atoms with van der Waals surface area (Å²) in [6.07, 6.45) is 59.9. The minimum atomic E-state index is -0.777. The monoisotopic (exact) mass is 871 g/mol. The Labute approximate surface area is 385 Å². The zero-order chi connectivity index (χ0) is 45.1. The highest BCUT2D eigenvalue weighted by molar-refractivity contribution is 5.71. The molecule has 0 saturated carbocycles. The Morgan fingerprint density at radius 2 is 0.597 bits per heavy atom. The van der Waals surface area contributed by atoms with Gasteiger partial charge < -0.3 is 14.2 Å². The normalized spacial score (nSPS) is 12.2. The van der Waals surface area contributed by atoms with Gasteiger partial charge in [0.1, 0.15) is 13.2 Å². The number of allylic oxidation sites excluding steroid dienone is 6. The maximum Gasteiger partial charge on any atom is 0.306 e. The maximum absolute atomic E-state index is 12.8. The summed E-state index contributed by atoms with van der Waals surface area (Å²) in [6, 6.07) is 0. The first kappa shape index (κ1) is 59.6. The SMILES string of the molecule is CCCC/C=C\CCCCCCCC(=O)OCC(COC(=O)CCCCCCCCCCCCCCCCCCCC)OC(=O)CCCCCCCC/C=C\C=C/CCCCC. The summed E-state index contributed by atoms with van der Waals surface area (Å²) >= 11 is 0. The van der Waals surface area contributed by atoms with E-state index in [4.69, 9.17) is 14.2 Å². The molecule has 0 amide bonds. The number of carbonyl (C=O) groups excluding carboxylic acids is 3. The Balaban J connectivity index is 4.32. The Bertz CT molecular complexity index is 1050. The molecule has 0 aromatic carbocycles. The molecule has 6 heteroatoms. The van der Waals surface area contributed by atoms with E-state index in [-0.39, 0.29) is 31.1 Å². The van der Waals surface area contributed by atoms with Gasteiger partial charge in [0.25, 0.3) is 0 Å². The molecular weight excluding hydrogens is 769 g/mol. The van der Waals surface area contributed by atoms with Gasteiger partial charge in [-0.15, -0.1) is 0 Å². The average Bonchev–Trinajstić information content (AvgIpc) is 3.27. The van der Waals surface area contributed by atoms with Crippen molar-refractivity contribution in [2.45, 2.75) is 290 Å². The van der Waals surface area contributed by atoms with Gasteiger partial charge in [0.2, 0.25) is 0 Å². The number of rotatable bonds is 49. The van der Waals surface area contributed by atoms with Crippen molar-refractivity contribution in [3.63, 3.8) is 0 Å². The van der Waals surface area contributed by atoms with Crippen LogP contribution in [0.5, 0.6) is 0 Å². The lowest BCUT2D eigenvalue weighted by Crippen LogP contribution is -2.30. The Morgan fingerprint density at radius 1 is 0.323 bits per heavy atom. The number of hydrogen-bond acceptors (Lipinski definition) is 6. The van der Waals surface area contributed by atoms with E-state index in [1.165, 1.54) is 173 Å². The molecule has 6 nitrogen and oxygen atoms in total. The van der Waals surface area contributed by atoms with Crippen molar-refractivity contribution in [3.05, 3.63) is 36.5 Å². The number of hydrogen-bond donors (Lipinski definition) is 0. The molecule has 0 spiro atoms. The van der Waals surface area contributed by atoms with E-state index in [0.717, 1.165) is 70.6 Å². The van der Waals surface area contributed by atoms with Crippen LogP contribution in [0.25, 0.3) is 0 Å². The Kier molecular flexibility index (Phi) is 49.3. The van der Waals surface area contributed by atoms with Crippen LogP contribution in [-0.4, -0.2) is 37.2 Å². The van der Waals surface area contributed by atoms with Gasteiger partial charge in [-0.05, 0) is 64.2 Å². The van der Waals surface area contributed by atoms with Crippen LogP contribution in [0.2, 0.25) is 0 Å². The van der Waals surface area contributed by atoms with Crippen LogP contribution in [0.3, 0.4) is 0 Å². The standard InChI is InChI=1S/C56H102O6/c1-4-7-10-13-16-19-22-24-26-27-28-30-31-34-37-40-43-46-49-55(58)61-52-53(51-60-54(57)48-45-42-39-36-33-21-18-15-12-9-6-3)62-56(59)50-47-44-41-38-35-32-29-25-23-20-17-14-11-8-5-2/h15,17-18,20,23,25,53H,4-14,16,19,21-22,24,26-52H2,1-3H3/b18-15-,20-17-,25-23-. The molecule has 1 atom stereocenters. The highest BCUT2D eigenvalue weighted by atomic mass is 16.6. The predicted octanol–water partition coefficient (Wildman–Crippen LogP) is 17.7. The molecule has 0 heterocycles. The molecule has 0 aliphatic heterocycles. The fourth-order valence-corrected chi connectivity index (χ4v) is 7.77. The summed E-state index contributed by atoms with van der Waals surface area (Å²) in [6.45, 7) is 6.58. The van der Waals surface area contributed by atoms with E-state index < -0.39 is 6.10 Å². The molecule has 0 radical (unpaired) electrons. The fourth-order valence-electron chi connectivity index (χ4n) is 7.77. The lowest BCUT2D eigenvalue weighted by molar-refractivity contribution is -0.167. The van der Waals surface area contributed by atoms with Crippen molar-refractivity contribution in [1.82, 2.24) is 0 Å². The summed E-state index contributed by atoms with van der Waals surface area (Å²) in [5.74, 6) is -0.886. The topological polar surface area (TPSA) is 78.9 Å². The molecule has 0 aromatic rings. The van der Waals surface area contributed by atoms with Crippen LogP contribution in [0.4, 0.5) is 0 Å². The third-order valence-electron chi connectivity index (χ3n) is 11.9. The van der Waals surface area contributed by atoms with Crippen molar-refractivity contribution in [2.24, 2.45) is 0 Å². The second kappa shape index (κ2) is 51.3. The fraction of sp³-hybridized carbons (Fsp3) is 0.839. The number of ether oxygens (including phenoxy) is 3. The van der Waals surface area contributed by atoms with Gasteiger partial charge in [-0.2, -0.15) is 0 Å². The Morgan fingerprint density at radius 3 is 0.984 bits per heavy atom. The molecule has 0 aromatic heterocycles. The van der Waals surface area contributed by atoms with Gasteiger partial charge >= 0.3 is 17.9 Å². The smallest absolute Gasteiger partial charge is 0.306 e. The van der Waals surface area contributed by atoms with Crippen LogP contribution < -0.4 is 0 Å². The summed E-state index contributed by atoms with van der Waals surface area (Å²) < 4.78 is 16.8. The van der Waals surface area contributed by atoms with Gasteiger partial charge in [0, 0.05) is 19.3 Å². The predicted molar refractivity (Wildman–Crippen MR) is 266 cm³/mol. The molecule has 62 heavy (non-hydrogen) atoms. The average molecular weight is 871 g/mol. The first-order valence-corrected chi connectivity index (χ1v) is 27.0. The third-order valence-corrected chi connectivity index (χ3v) is 11.9. The lowest BCUT2D eigenvalue weighted by atomic mass is 10.0. The summed E-state index contributed by atoms with van der Waals surface area (Å²) in [5, 5.41) is 0. The van der Waals surface area contributed by atoms with E-state index in [9.17, 15) is 14.4 Å². The molecule has 0 N–H and O–H groups in total. The molecule has 0 bridgehead atoms. The van der Waals surface area contributed by atoms with Crippen LogP contribution in [0, 0.1) is 0 Å². The molecule has 362 valence electrons. The summed E-state index contributed by atoms with van der Waals surface area (Å²) in [7, 11) is 0. The van der Waals surface area contributed by atoms with Crippen LogP contribution >= 0.6 is 0 Å². The van der Waals surface area contributed by atoms with E-state index in [2.05, 4.69) is 57.2 Å². The van der Waals surface area contributed by atoms with Crippen molar-refractivity contribution in [2.75, 3.05) is 13.2 Å². The first-order valence-electron chi connectivity index (χ1n) is 27.0. The van der Waals surface area contributed by atoms with Crippen LogP contribution in [0.1, 0.15) is 284 Å². The minimum absolute atomic E-state index is 0.0765. The Hall–Kier alpha value is -2.37. The molecule has 0 aliphatic carbocycles. The number of carbonyl (C=O) groups is 3. The molecule has 0 aliphatic rings. The molecule has 1 unspecified atom stereocenters. The van der Waals surface area contributed by atoms with Gasteiger partial charge in [-0.3, -0.25) is 14.4 Å². The van der Waals surface area contributed by atoms with Gasteiger partial charge in [-0.25, -0.2) is 0 Å². The van der Waals surface area contributed by atoms with Crippen molar-refractivity contribution >= 4 is 17.9 Å². The van der Waals surface area contributed by atoms with Crippen molar-refractivity contribution in [1.29, 1.82) is 0 Å². The third kappa shape index (κ3) is 48.7. The molecule has 0 saturated heterocycles. The number of esters is 3. The second-order valence-electron chi connectivity index (χ2n) is 18.2. The van der Waals surface area contributed by atoms with E-state index in [0.29, 0.717) is 19.3 Å². The number of unbranched alkanes of at least 4 members (excludes halogenated alkanes) is 33. The van der Waals surface area contributed by atoms with Crippen LogP contribution in [-0.2, 0) is 28.6 Å². The van der Waals surface area contributed by atoms with Gasteiger partial charge in [0.15, 0.2) is 6.10 Å². The van der Waals surface area contributed by atoms with E-state index in [1.807, 2.05) is 0 Å². The lowest BCUT2D eigenvalue weighted by Gasteiger charge is -2.18. The second-order valence-corrected chi connectivity index (χ2v) is 18.2. The minimum Gasteiger partial charge on any atom is -0.462 e. The summed E-state index contributed by atoms with van der Waals surface area (Å²) in [5.41, 5.74) is 0.